The van der Waals surface area contributed by atoms with Crippen LogP contribution in [0.25, 0.3) is 0 Å². The van der Waals surface area contributed by atoms with Crippen molar-refractivity contribution < 1.29 is 38.2 Å². The minimum atomic E-state index is -1.14. The number of carboxylic acids is 1. The number of carboxylic acid groups (broad SMARTS) is 1. The van der Waals surface area contributed by atoms with Gasteiger partial charge in [0.1, 0.15) is 12.6 Å². The number of ether oxygens (including phenoxy) is 3. The van der Waals surface area contributed by atoms with E-state index in [1.807, 2.05) is 0 Å². The van der Waals surface area contributed by atoms with E-state index >= 15 is 0 Å². The second-order valence-corrected chi connectivity index (χ2v) is 16.0. The van der Waals surface area contributed by atoms with Crippen LogP contribution in [0.3, 0.4) is 0 Å². The van der Waals surface area contributed by atoms with E-state index in [1.165, 1.54) is 70.6 Å². The second-order valence-electron chi connectivity index (χ2n) is 16.0. The summed E-state index contributed by atoms with van der Waals surface area (Å²) in [6, 6.07) is -0.741. The van der Waals surface area contributed by atoms with Crippen LogP contribution in [0.5, 0.6) is 0 Å². The van der Waals surface area contributed by atoms with Gasteiger partial charge in [-0.1, -0.05) is 145 Å². The van der Waals surface area contributed by atoms with Crippen LogP contribution >= 0.6 is 0 Å². The summed E-state index contributed by atoms with van der Waals surface area (Å²) < 4.78 is 17.1. The summed E-state index contributed by atoms with van der Waals surface area (Å²) in [5.41, 5.74) is 0. The summed E-state index contributed by atoms with van der Waals surface area (Å²) in [5, 5.41) is 11.6. The third-order valence-corrected chi connectivity index (χ3v) is 9.59. The van der Waals surface area contributed by atoms with Crippen molar-refractivity contribution in [3.05, 3.63) is 72.9 Å². The maximum absolute atomic E-state index is 12.7. The zero-order chi connectivity index (χ0) is 42.1. The zero-order valence-corrected chi connectivity index (χ0v) is 37.0. The number of likely N-dealkylation sites (N-methyl/N-ethyl adjacent to an activating group) is 1. The van der Waals surface area contributed by atoms with Crippen molar-refractivity contribution in [2.24, 2.45) is 0 Å². The van der Waals surface area contributed by atoms with Gasteiger partial charge in [0, 0.05) is 19.3 Å². The molecule has 0 aliphatic heterocycles. The molecular weight excluding hydrogens is 715 g/mol. The molecule has 2 unspecified atom stereocenters. The van der Waals surface area contributed by atoms with Crippen LogP contribution in [0, 0.1) is 0 Å². The standard InChI is InChI=1S/C49H83NO7/c1-6-8-10-12-14-16-18-20-22-24-26-27-29-31-33-35-37-39-47(51)56-44-45(43-55-42-41-46(49(53)54)50(3,4)5)57-48(52)40-38-36-34-32-30-28-25-23-21-19-17-15-13-11-9-7-2/h14,16,20,22-23,25-28,30-31,33,45-46H,6-13,15,17-19,21,24,29,32,34-44H2,1-5H3/b16-14+,22-20+,25-23+,27-26+,30-28+,33-31+. The van der Waals surface area contributed by atoms with E-state index in [2.05, 4.69) is 86.8 Å². The molecule has 0 heterocycles. The molecule has 0 spiro atoms. The molecule has 0 aromatic rings. The van der Waals surface area contributed by atoms with Crippen LogP contribution in [-0.4, -0.2) is 75.5 Å². The van der Waals surface area contributed by atoms with E-state index in [0.717, 1.165) is 51.4 Å². The number of esters is 2. The molecule has 0 saturated heterocycles. The van der Waals surface area contributed by atoms with Gasteiger partial charge in [-0.2, -0.15) is 0 Å². The summed E-state index contributed by atoms with van der Waals surface area (Å²) >= 11 is 0. The SMILES string of the molecule is CCCCC/C=C/C/C=C/C/C=C/C/C=C/CCCC(=O)OCC(COCCC(C(=O)[O-])[N+](C)(C)C)OC(=O)CCCCC/C=C/C=C/CCCCCCCCC. The number of allylic oxidation sites excluding steroid dienone is 12. The highest BCUT2D eigenvalue weighted by Gasteiger charge is 2.25. The first kappa shape index (κ1) is 53.8. The second kappa shape index (κ2) is 39.6. The Kier molecular flexibility index (Phi) is 37.3. The molecule has 0 aromatic carbocycles. The van der Waals surface area contributed by atoms with Crippen molar-refractivity contribution in [2.45, 2.75) is 180 Å². The summed E-state index contributed by atoms with van der Waals surface area (Å²) in [4.78, 5) is 36.8. The molecule has 0 aliphatic carbocycles. The predicted octanol–water partition coefficient (Wildman–Crippen LogP) is 11.0. The van der Waals surface area contributed by atoms with Crippen molar-refractivity contribution in [1.29, 1.82) is 0 Å². The molecule has 326 valence electrons. The van der Waals surface area contributed by atoms with E-state index in [4.69, 9.17) is 14.2 Å². The predicted molar refractivity (Wildman–Crippen MR) is 235 cm³/mol. The van der Waals surface area contributed by atoms with Crippen molar-refractivity contribution in [1.82, 2.24) is 0 Å². The van der Waals surface area contributed by atoms with Gasteiger partial charge in [-0.15, -0.1) is 0 Å². The Balaban J connectivity index is 4.50. The number of unbranched alkanes of at least 4 members (excludes halogenated alkanes) is 14. The van der Waals surface area contributed by atoms with Gasteiger partial charge in [0.25, 0.3) is 0 Å². The number of quaternary nitrogens is 1. The van der Waals surface area contributed by atoms with Gasteiger partial charge < -0.3 is 28.6 Å². The van der Waals surface area contributed by atoms with Crippen LogP contribution in [0.15, 0.2) is 72.9 Å². The molecule has 0 aliphatic rings. The Morgan fingerprint density at radius 2 is 1.00 bits per heavy atom. The Labute approximate surface area is 349 Å². The number of carbonyl (C=O) groups excluding carboxylic acids is 3. The molecule has 0 bridgehead atoms. The van der Waals surface area contributed by atoms with Crippen LogP contribution in [0.4, 0.5) is 0 Å². The first-order valence-corrected chi connectivity index (χ1v) is 22.5. The molecule has 0 rings (SSSR count). The maximum atomic E-state index is 12.7. The molecule has 8 nitrogen and oxygen atoms in total. The number of hydrogen-bond acceptors (Lipinski definition) is 7. The number of carbonyl (C=O) groups is 3. The normalized spacial score (nSPS) is 13.6. The fourth-order valence-electron chi connectivity index (χ4n) is 6.05. The average Bonchev–Trinajstić information content (AvgIpc) is 3.17. The van der Waals surface area contributed by atoms with E-state index in [9.17, 15) is 19.5 Å². The van der Waals surface area contributed by atoms with E-state index < -0.39 is 18.1 Å². The Hall–Kier alpha value is -3.23. The van der Waals surface area contributed by atoms with Crippen LogP contribution in [-0.2, 0) is 28.6 Å². The smallest absolute Gasteiger partial charge is 0.306 e. The highest BCUT2D eigenvalue weighted by molar-refractivity contribution is 5.70. The summed E-state index contributed by atoms with van der Waals surface area (Å²) in [5.74, 6) is -1.85. The van der Waals surface area contributed by atoms with Crippen molar-refractivity contribution >= 4 is 17.9 Å². The van der Waals surface area contributed by atoms with Gasteiger partial charge in [0.15, 0.2) is 6.10 Å². The largest absolute Gasteiger partial charge is 0.544 e. The van der Waals surface area contributed by atoms with Crippen LogP contribution in [0.2, 0.25) is 0 Å². The number of aliphatic carboxylic acids is 1. The lowest BCUT2D eigenvalue weighted by molar-refractivity contribution is -0.889. The molecule has 2 atom stereocenters. The lowest BCUT2D eigenvalue weighted by Crippen LogP contribution is -2.55. The molecule has 0 fully saturated rings. The molecule has 8 heteroatoms. The number of nitrogens with zero attached hydrogens (tertiary/aromatic N) is 1. The molecule has 0 radical (unpaired) electrons. The Bertz CT molecular complexity index is 1160. The third-order valence-electron chi connectivity index (χ3n) is 9.59. The third kappa shape index (κ3) is 38.1. The van der Waals surface area contributed by atoms with Crippen molar-refractivity contribution in [3.63, 3.8) is 0 Å². The van der Waals surface area contributed by atoms with Gasteiger partial charge in [-0.05, 0) is 77.0 Å². The van der Waals surface area contributed by atoms with Gasteiger partial charge in [-0.25, -0.2) is 0 Å². The first-order chi connectivity index (χ1) is 27.6. The van der Waals surface area contributed by atoms with Gasteiger partial charge >= 0.3 is 11.9 Å². The summed E-state index contributed by atoms with van der Waals surface area (Å²) in [6.45, 7) is 4.53. The molecule has 57 heavy (non-hydrogen) atoms. The molecule has 0 aromatic heterocycles. The lowest BCUT2D eigenvalue weighted by Gasteiger charge is -2.34. The van der Waals surface area contributed by atoms with Crippen molar-refractivity contribution in [2.75, 3.05) is 41.0 Å². The van der Waals surface area contributed by atoms with Crippen molar-refractivity contribution in [3.8, 4) is 0 Å². The minimum absolute atomic E-state index is 0.00935. The average molecular weight is 798 g/mol. The van der Waals surface area contributed by atoms with E-state index in [-0.39, 0.29) is 55.5 Å². The highest BCUT2D eigenvalue weighted by Crippen LogP contribution is 2.12. The summed E-state index contributed by atoms with van der Waals surface area (Å²) in [6.07, 6.45) is 49.3. The zero-order valence-electron chi connectivity index (χ0n) is 37.0. The monoisotopic (exact) mass is 798 g/mol. The quantitative estimate of drug-likeness (QED) is 0.0201. The molecule has 0 amide bonds. The molecule has 0 N–H and O–H groups in total. The molecular formula is C49H83NO7. The lowest BCUT2D eigenvalue weighted by atomic mass is 10.1. The molecule has 0 saturated carbocycles. The fourth-order valence-corrected chi connectivity index (χ4v) is 6.05. The Morgan fingerprint density at radius 1 is 0.544 bits per heavy atom. The highest BCUT2D eigenvalue weighted by atomic mass is 16.6. The van der Waals surface area contributed by atoms with Crippen LogP contribution in [0.1, 0.15) is 168 Å². The van der Waals surface area contributed by atoms with E-state index in [1.54, 1.807) is 21.1 Å². The minimum Gasteiger partial charge on any atom is -0.544 e. The van der Waals surface area contributed by atoms with Crippen LogP contribution < -0.4 is 5.11 Å². The fraction of sp³-hybridized carbons (Fsp3) is 0.694. The topological polar surface area (TPSA) is 102 Å². The Morgan fingerprint density at radius 3 is 1.56 bits per heavy atom. The van der Waals surface area contributed by atoms with Gasteiger partial charge in [-0.3, -0.25) is 9.59 Å². The van der Waals surface area contributed by atoms with E-state index in [0.29, 0.717) is 12.8 Å². The first-order valence-electron chi connectivity index (χ1n) is 22.5. The van der Waals surface area contributed by atoms with Gasteiger partial charge in [0.05, 0.1) is 40.3 Å². The van der Waals surface area contributed by atoms with Gasteiger partial charge in [0.2, 0.25) is 0 Å². The summed E-state index contributed by atoms with van der Waals surface area (Å²) in [7, 11) is 5.37. The number of rotatable bonds is 39. The maximum Gasteiger partial charge on any atom is 0.306 e. The number of hydrogen-bond donors (Lipinski definition) is 0.